The molecule has 144 heavy (non-hydrogen) atoms. The second-order valence-corrected chi connectivity index (χ2v) is 32.1. The minimum Gasteiger partial charge on any atom is -0.481 e. The summed E-state index contributed by atoms with van der Waals surface area (Å²) in [6.07, 6.45) is 7.54. The van der Waals surface area contributed by atoms with Crippen LogP contribution >= 0.6 is 0 Å². The van der Waals surface area contributed by atoms with Gasteiger partial charge >= 0.3 is 30.3 Å². The van der Waals surface area contributed by atoms with Gasteiger partial charge < -0.3 is 99.2 Å². The molecule has 3 aliphatic rings. The molecule has 0 saturated heterocycles. The molecule has 2 aromatic heterocycles. The molecule has 5 atom stereocenters. The lowest BCUT2D eigenvalue weighted by Crippen LogP contribution is -2.46. The number of fused-ring (bicyclic) bond motifs is 8. The molecule has 9 aromatic carbocycles. The number of anilines is 4. The van der Waals surface area contributed by atoms with E-state index in [0.29, 0.717) is 109 Å². The number of rotatable bonds is 32. The number of pyridine rings is 2. The number of aliphatic hydroxyl groups is 11. The van der Waals surface area contributed by atoms with E-state index in [1.165, 1.54) is 97.4 Å². The molecule has 0 bridgehead atoms. The lowest BCUT2D eigenvalue weighted by Gasteiger charge is -2.42. The minimum atomic E-state index is -1.21. The van der Waals surface area contributed by atoms with Gasteiger partial charge in [0.15, 0.2) is 11.6 Å². The maximum atomic E-state index is 13.6. The molecule has 1 aliphatic carbocycles. The highest BCUT2D eigenvalue weighted by atomic mass is 16.6. The van der Waals surface area contributed by atoms with Gasteiger partial charge in [0.2, 0.25) is 0 Å². The van der Waals surface area contributed by atoms with E-state index in [9.17, 15) is 114 Å². The second kappa shape index (κ2) is 53.5. The molecule has 36 nitrogen and oxygen atoms in total. The molecule has 16 N–H and O–H groups in total. The summed E-state index contributed by atoms with van der Waals surface area (Å²) in [7, 11) is 4.95. The second-order valence-electron chi connectivity index (χ2n) is 32.1. The van der Waals surface area contributed by atoms with Crippen LogP contribution in [0.3, 0.4) is 0 Å². The zero-order chi connectivity index (χ0) is 105. The van der Waals surface area contributed by atoms with Gasteiger partial charge in [-0.3, -0.25) is 59.8 Å². The largest absolute Gasteiger partial charge is 0.481 e. The number of carboxylic acid groups (broad SMARTS) is 1. The van der Waals surface area contributed by atoms with E-state index in [4.69, 9.17) is 4.74 Å². The molecule has 36 heteroatoms. The maximum absolute atomic E-state index is 13.6. The summed E-state index contributed by atoms with van der Waals surface area (Å²) in [4.78, 5) is 146. The van der Waals surface area contributed by atoms with Gasteiger partial charge in [-0.25, -0.2) is 19.2 Å². The van der Waals surface area contributed by atoms with E-state index < -0.39 is 136 Å². The number of aromatic nitrogens is 2. The number of benzene rings is 9. The number of para-hydroxylation sites is 4. The highest BCUT2D eigenvalue weighted by Crippen LogP contribution is 2.50. The fraction of sp³-hybridized carbons (Fsp3) is 0.241. The van der Waals surface area contributed by atoms with E-state index in [0.717, 1.165) is 33.3 Å². The maximum Gasteiger partial charge on any atom is 0.411 e. The number of hydrogen-bond acceptors (Lipinski definition) is 27. The minimum absolute atomic E-state index is 0.0264. The monoisotopic (exact) mass is 1970 g/mol. The van der Waals surface area contributed by atoms with Crippen LogP contribution in [0.5, 0.6) is 0 Å². The van der Waals surface area contributed by atoms with E-state index in [2.05, 4.69) is 86.5 Å². The number of aliphatic hydroxyl groups excluding tert-OH is 11. The Morgan fingerprint density at radius 2 is 0.764 bits per heavy atom. The molecular formula is C108H115N9O27. The van der Waals surface area contributed by atoms with Crippen LogP contribution in [0.25, 0.3) is 44.1 Å². The topological polar surface area (TPSA) is 544 Å². The molecule has 0 saturated carbocycles. The standard InChI is InChI=1S/C24H26N2O7.C24H24N2O7.C23H24N2O7.C23H23NO4.C12H14N2O2.C2H4/c2*1-3-8-26-22(16-6-4-5-7-19(16)25-24(32)33-2)21(20(30)13-29)17-9-14(11-27)15(12-28)10-18(17)23(26)31;1-3-8-25-20(15-6-4-5-7-18(15)24-23(31)32-2)19(22(29)30)16-9-13(11-26)14(12-27)10-17(16)21(25)28;1-2-7-24-22-18-6-4-3-5-14(18)8-17(13-27)21(22)19-9-15(11-25)16(12-26)10-20(19)23(24)28;1-3-8-13-9-10-6-4-5-7-11(10)14-12(15)16-2;1-2/h3-7,9-10,21-22,27-29H,1,8,11-13H2,2H3,(H,25,32);3-7,9-10,27-29H,1,8,11-13H2,2H3,(H,25,32);3-7,9-10,19-20,26-27H,1,8,11-12H2,2H3,(H,24,31)(H,29,30);2-6,9-10,17,25-27H,1,7-8,11-13H2;3-7,9H,1,8H2,2H3,(H,14,15);1-2H2/t;;19-,20-;;;/m..1.../s1. The Bertz CT molecular complexity index is 6800. The Hall–Kier alpha value is -16.1. The Kier molecular flexibility index (Phi) is 41.4. The van der Waals surface area contributed by atoms with Crippen molar-refractivity contribution in [3.8, 4) is 22.5 Å². The van der Waals surface area contributed by atoms with E-state index in [1.807, 2.05) is 42.5 Å². The van der Waals surface area contributed by atoms with Gasteiger partial charge in [0, 0.05) is 93.7 Å². The number of carbonyl (C=O) groups is 9. The van der Waals surface area contributed by atoms with Gasteiger partial charge in [-0.15, -0.1) is 46.1 Å². The molecule has 2 aliphatic heterocycles. The molecule has 754 valence electrons. The van der Waals surface area contributed by atoms with E-state index >= 15 is 0 Å². The first kappa shape index (κ1) is 112. The van der Waals surface area contributed by atoms with Crippen LogP contribution < -0.4 is 32.4 Å². The van der Waals surface area contributed by atoms with Crippen molar-refractivity contribution in [2.75, 3.05) is 89.2 Å². The Morgan fingerprint density at radius 3 is 1.19 bits per heavy atom. The third kappa shape index (κ3) is 24.7. The van der Waals surface area contributed by atoms with Crippen LogP contribution in [-0.4, -0.2) is 208 Å². The number of ether oxygens (including phenoxy) is 4. The summed E-state index contributed by atoms with van der Waals surface area (Å²) in [5.74, 6) is -5.62. The summed E-state index contributed by atoms with van der Waals surface area (Å²) in [5, 5.41) is 129. The molecule has 4 heterocycles. The van der Waals surface area contributed by atoms with Gasteiger partial charge in [0.1, 0.15) is 19.1 Å². The van der Waals surface area contributed by atoms with Crippen LogP contribution in [0.1, 0.15) is 144 Å². The molecule has 0 fully saturated rings. The molecule has 14 rings (SSSR count). The number of hydrogen-bond donors (Lipinski definition) is 16. The van der Waals surface area contributed by atoms with Crippen molar-refractivity contribution in [1.82, 2.24) is 18.9 Å². The Balaban J connectivity index is 0.000000203. The van der Waals surface area contributed by atoms with E-state index in [1.54, 1.807) is 114 Å². The van der Waals surface area contributed by atoms with Crippen LogP contribution in [0.4, 0.5) is 41.9 Å². The number of carboxylic acids is 1. The molecular weight excluding hydrogens is 1860 g/mol. The number of methoxy groups -OCH3 is 4. The molecule has 0 radical (unpaired) electrons. The van der Waals surface area contributed by atoms with Crippen molar-refractivity contribution in [3.05, 3.63) is 367 Å². The molecule has 3 unspecified atom stereocenters. The third-order valence-electron chi connectivity index (χ3n) is 24.0. The summed E-state index contributed by atoms with van der Waals surface area (Å²) in [6, 6.07) is 45.4. The average molecular weight is 1970 g/mol. The summed E-state index contributed by atoms with van der Waals surface area (Å²) >= 11 is 0. The number of ketones is 2. The zero-order valence-corrected chi connectivity index (χ0v) is 79.7. The molecule has 11 aromatic rings. The van der Waals surface area contributed by atoms with Crippen molar-refractivity contribution in [2.24, 2.45) is 4.99 Å². The van der Waals surface area contributed by atoms with Gasteiger partial charge in [-0.1, -0.05) is 140 Å². The zero-order valence-electron chi connectivity index (χ0n) is 79.7. The Morgan fingerprint density at radius 1 is 0.396 bits per heavy atom. The smallest absolute Gasteiger partial charge is 0.411 e. The van der Waals surface area contributed by atoms with Crippen LogP contribution in [0.2, 0.25) is 0 Å². The highest BCUT2D eigenvalue weighted by molar-refractivity contribution is 6.14. The normalized spacial score (nSPS) is 14.5. The van der Waals surface area contributed by atoms with Crippen molar-refractivity contribution >= 4 is 104 Å². The van der Waals surface area contributed by atoms with Gasteiger partial charge in [0.05, 0.1) is 141 Å². The lowest BCUT2D eigenvalue weighted by atomic mass is 9.76. The van der Waals surface area contributed by atoms with Crippen LogP contribution in [-0.2, 0) is 101 Å². The van der Waals surface area contributed by atoms with Crippen LogP contribution in [0, 0.1) is 0 Å². The van der Waals surface area contributed by atoms with Crippen molar-refractivity contribution in [3.63, 3.8) is 0 Å². The number of nitrogens with one attached hydrogen (secondary N) is 4. The third-order valence-corrected chi connectivity index (χ3v) is 24.0. The number of carbonyl (C=O) groups excluding carboxylic acids is 8. The first-order chi connectivity index (χ1) is 69.6. The van der Waals surface area contributed by atoms with Crippen molar-refractivity contribution < 1.29 is 123 Å². The van der Waals surface area contributed by atoms with Gasteiger partial charge in [-0.05, 0) is 150 Å². The number of aliphatic carboxylic acids is 1. The molecule has 0 spiro atoms. The number of nitrogens with zero attached hydrogens (tertiary/aromatic N) is 5. The highest BCUT2D eigenvalue weighted by Gasteiger charge is 2.48. The summed E-state index contributed by atoms with van der Waals surface area (Å²) in [5.41, 5.74) is 11.1. The van der Waals surface area contributed by atoms with Gasteiger partial charge in [0.25, 0.3) is 22.9 Å². The number of amides is 6. The van der Waals surface area contributed by atoms with Gasteiger partial charge in [-0.2, -0.15) is 0 Å². The SMILES string of the molecule is C=C.C=CCN1C(=O)c2cc(CO)c(CO)cc2C(C(=O)CO)C1c1ccccc1NC(=O)OC.C=CCN1C(=O)c2cc(CO)c(CO)cc2[C@@H](C(=O)O)[C@H]1c1ccccc1NC(=O)OC.C=CCN=Cc1ccccc1NC(=O)OC.C=CCn1c(-c2ccccc2NC(=O)OC)c(C(=O)CO)c2cc(CO)c(CO)cc2c1=O.C=CCn1c2c(c3cc(CO)c(CO)cc3c1=O)C(CO)Cc1ccccc1-2. The molecule has 6 amide bonds. The summed E-state index contributed by atoms with van der Waals surface area (Å²) < 4.78 is 21.6. The quantitative estimate of drug-likeness (QED) is 0.00806. The first-order valence-electron chi connectivity index (χ1n) is 44.9. The number of allylic oxidation sites excluding steroid dienone is 2. The Labute approximate surface area is 828 Å². The van der Waals surface area contributed by atoms with Crippen molar-refractivity contribution in [1.29, 1.82) is 0 Å². The predicted octanol–water partition coefficient (Wildman–Crippen LogP) is 12.2. The first-order valence-corrected chi connectivity index (χ1v) is 44.9. The number of aliphatic imine (C=N–C) groups is 1. The van der Waals surface area contributed by atoms with E-state index in [-0.39, 0.29) is 95.3 Å². The predicted molar refractivity (Wildman–Crippen MR) is 543 cm³/mol. The lowest BCUT2D eigenvalue weighted by molar-refractivity contribution is -0.140. The number of Topliss-reactive ketones (excluding diaryl/α,β-unsaturated/α-hetero) is 2. The van der Waals surface area contributed by atoms with Crippen LogP contribution in [0.15, 0.2) is 261 Å². The van der Waals surface area contributed by atoms with Crippen molar-refractivity contribution in [2.45, 2.75) is 102 Å². The fourth-order valence-electron chi connectivity index (χ4n) is 17.5. The average Bonchev–Trinajstić information content (AvgIpc) is 0.686. The summed E-state index contributed by atoms with van der Waals surface area (Å²) in [6.45, 7) is 20.9. The fourth-order valence-corrected chi connectivity index (χ4v) is 17.5.